The summed E-state index contributed by atoms with van der Waals surface area (Å²) in [5, 5.41) is 4.21. The van der Waals surface area contributed by atoms with E-state index in [0.29, 0.717) is 13.2 Å². The zero-order valence-corrected chi connectivity index (χ0v) is 12.9. The SMILES string of the molecule is Cc1cccc(Cl)c1NC(C)c1ccc2c(c1)OCCO2. The number of hydrogen-bond donors (Lipinski definition) is 1. The van der Waals surface area contributed by atoms with Crippen LogP contribution in [0, 0.1) is 6.92 Å². The number of fused-ring (bicyclic) bond motifs is 1. The molecule has 0 saturated carbocycles. The number of para-hydroxylation sites is 1. The Bertz CT molecular complexity index is 637. The number of halogens is 1. The van der Waals surface area contributed by atoms with Crippen molar-refractivity contribution in [1.29, 1.82) is 0 Å². The third-order valence-electron chi connectivity index (χ3n) is 3.65. The highest BCUT2D eigenvalue weighted by Crippen LogP contribution is 2.34. The summed E-state index contributed by atoms with van der Waals surface area (Å²) in [7, 11) is 0. The third kappa shape index (κ3) is 2.93. The van der Waals surface area contributed by atoms with Crippen LogP contribution in [0.15, 0.2) is 36.4 Å². The van der Waals surface area contributed by atoms with Crippen LogP contribution in [0.3, 0.4) is 0 Å². The first-order valence-electron chi connectivity index (χ1n) is 7.06. The van der Waals surface area contributed by atoms with E-state index in [4.69, 9.17) is 21.1 Å². The largest absolute Gasteiger partial charge is 0.486 e. The van der Waals surface area contributed by atoms with Gasteiger partial charge in [-0.25, -0.2) is 0 Å². The van der Waals surface area contributed by atoms with Gasteiger partial charge in [-0.15, -0.1) is 0 Å². The van der Waals surface area contributed by atoms with Crippen LogP contribution in [0.5, 0.6) is 11.5 Å². The van der Waals surface area contributed by atoms with Gasteiger partial charge in [0.2, 0.25) is 0 Å². The smallest absolute Gasteiger partial charge is 0.161 e. The molecule has 2 aromatic rings. The van der Waals surface area contributed by atoms with E-state index in [-0.39, 0.29) is 6.04 Å². The maximum Gasteiger partial charge on any atom is 0.161 e. The molecular weight excluding hydrogens is 286 g/mol. The number of aryl methyl sites for hydroxylation is 1. The van der Waals surface area contributed by atoms with E-state index in [0.717, 1.165) is 33.3 Å². The topological polar surface area (TPSA) is 30.5 Å². The van der Waals surface area contributed by atoms with Gasteiger partial charge in [0.05, 0.1) is 10.7 Å². The molecule has 1 unspecified atom stereocenters. The third-order valence-corrected chi connectivity index (χ3v) is 3.96. The highest BCUT2D eigenvalue weighted by molar-refractivity contribution is 6.33. The molecule has 1 heterocycles. The molecule has 0 radical (unpaired) electrons. The Morgan fingerprint density at radius 3 is 2.62 bits per heavy atom. The second-order valence-electron chi connectivity index (χ2n) is 5.20. The van der Waals surface area contributed by atoms with Crippen molar-refractivity contribution in [3.8, 4) is 11.5 Å². The zero-order chi connectivity index (χ0) is 14.8. The number of benzene rings is 2. The molecule has 0 bridgehead atoms. The van der Waals surface area contributed by atoms with Crippen molar-refractivity contribution < 1.29 is 9.47 Å². The monoisotopic (exact) mass is 303 g/mol. The minimum atomic E-state index is 0.124. The number of anilines is 1. The Morgan fingerprint density at radius 1 is 1.10 bits per heavy atom. The number of ether oxygens (including phenoxy) is 2. The number of hydrogen-bond acceptors (Lipinski definition) is 3. The summed E-state index contributed by atoms with van der Waals surface area (Å²) in [5.41, 5.74) is 3.24. The number of rotatable bonds is 3. The highest BCUT2D eigenvalue weighted by atomic mass is 35.5. The first-order chi connectivity index (χ1) is 10.1. The van der Waals surface area contributed by atoms with Crippen LogP contribution in [0.2, 0.25) is 5.02 Å². The van der Waals surface area contributed by atoms with Crippen LogP contribution >= 0.6 is 11.6 Å². The molecule has 4 heteroatoms. The van der Waals surface area contributed by atoms with Gasteiger partial charge in [-0.1, -0.05) is 29.8 Å². The molecule has 0 amide bonds. The van der Waals surface area contributed by atoms with E-state index >= 15 is 0 Å². The molecule has 1 aliphatic heterocycles. The van der Waals surface area contributed by atoms with Gasteiger partial charge in [0.15, 0.2) is 11.5 Å². The predicted octanol–water partition coefficient (Wildman–Crippen LogP) is 4.59. The maximum atomic E-state index is 6.27. The van der Waals surface area contributed by atoms with Crippen LogP contribution < -0.4 is 14.8 Å². The molecule has 0 aliphatic carbocycles. The molecule has 0 aromatic heterocycles. The lowest BCUT2D eigenvalue weighted by molar-refractivity contribution is 0.171. The van der Waals surface area contributed by atoms with Crippen molar-refractivity contribution in [1.82, 2.24) is 0 Å². The number of nitrogens with one attached hydrogen (secondary N) is 1. The Hall–Kier alpha value is -1.87. The molecular formula is C17H18ClNO2. The van der Waals surface area contributed by atoms with Gasteiger partial charge in [-0.05, 0) is 43.2 Å². The Balaban J connectivity index is 1.84. The fourth-order valence-corrected chi connectivity index (χ4v) is 2.72. The van der Waals surface area contributed by atoms with Gasteiger partial charge in [0.25, 0.3) is 0 Å². The van der Waals surface area contributed by atoms with Crippen molar-refractivity contribution >= 4 is 17.3 Å². The molecule has 110 valence electrons. The van der Waals surface area contributed by atoms with Crippen molar-refractivity contribution in [3.63, 3.8) is 0 Å². The van der Waals surface area contributed by atoms with E-state index in [2.05, 4.69) is 18.3 Å². The molecule has 2 aromatic carbocycles. The van der Waals surface area contributed by atoms with E-state index < -0.39 is 0 Å². The van der Waals surface area contributed by atoms with Crippen molar-refractivity contribution in [2.24, 2.45) is 0 Å². The quantitative estimate of drug-likeness (QED) is 0.899. The minimum Gasteiger partial charge on any atom is -0.486 e. The van der Waals surface area contributed by atoms with Crippen molar-refractivity contribution in [3.05, 3.63) is 52.5 Å². The first kappa shape index (κ1) is 14.1. The molecule has 0 spiro atoms. The molecule has 21 heavy (non-hydrogen) atoms. The second-order valence-corrected chi connectivity index (χ2v) is 5.61. The Morgan fingerprint density at radius 2 is 1.86 bits per heavy atom. The van der Waals surface area contributed by atoms with E-state index in [1.54, 1.807) is 0 Å². The maximum absolute atomic E-state index is 6.27. The van der Waals surface area contributed by atoms with Gasteiger partial charge in [-0.3, -0.25) is 0 Å². The van der Waals surface area contributed by atoms with Crippen LogP contribution in [0.25, 0.3) is 0 Å². The summed E-state index contributed by atoms with van der Waals surface area (Å²) in [6, 6.07) is 12.1. The minimum absolute atomic E-state index is 0.124. The summed E-state index contributed by atoms with van der Waals surface area (Å²) in [6.07, 6.45) is 0. The van der Waals surface area contributed by atoms with Gasteiger partial charge >= 0.3 is 0 Å². The average molecular weight is 304 g/mol. The Kier molecular flexibility index (Phi) is 3.93. The van der Waals surface area contributed by atoms with E-state index in [1.165, 1.54) is 0 Å². The highest BCUT2D eigenvalue weighted by Gasteiger charge is 2.15. The summed E-state index contributed by atoms with van der Waals surface area (Å²) in [6.45, 7) is 5.36. The Labute approximate surface area is 129 Å². The summed E-state index contributed by atoms with van der Waals surface area (Å²) in [5.74, 6) is 1.62. The molecule has 3 nitrogen and oxygen atoms in total. The summed E-state index contributed by atoms with van der Waals surface area (Å²) >= 11 is 6.27. The standard InChI is InChI=1S/C17H18ClNO2/c1-11-4-3-5-14(18)17(11)19-12(2)13-6-7-15-16(10-13)21-9-8-20-15/h3-7,10,12,19H,8-9H2,1-2H3. The zero-order valence-electron chi connectivity index (χ0n) is 12.2. The lowest BCUT2D eigenvalue weighted by Crippen LogP contribution is -2.16. The molecule has 0 fully saturated rings. The van der Waals surface area contributed by atoms with Gasteiger partial charge in [-0.2, -0.15) is 0 Å². The fourth-order valence-electron chi connectivity index (χ4n) is 2.44. The molecule has 1 N–H and O–H groups in total. The van der Waals surface area contributed by atoms with Gasteiger partial charge in [0, 0.05) is 6.04 Å². The van der Waals surface area contributed by atoms with E-state index in [9.17, 15) is 0 Å². The van der Waals surface area contributed by atoms with Crippen molar-refractivity contribution in [2.45, 2.75) is 19.9 Å². The second kappa shape index (κ2) is 5.86. The van der Waals surface area contributed by atoms with Gasteiger partial charge in [0.1, 0.15) is 13.2 Å². The predicted molar refractivity (Wildman–Crippen MR) is 85.7 cm³/mol. The molecule has 1 atom stereocenters. The van der Waals surface area contributed by atoms with Crippen LogP contribution in [0.1, 0.15) is 24.1 Å². The first-order valence-corrected chi connectivity index (χ1v) is 7.44. The van der Waals surface area contributed by atoms with Gasteiger partial charge < -0.3 is 14.8 Å². The fraction of sp³-hybridized carbons (Fsp3) is 0.294. The molecule has 3 rings (SSSR count). The summed E-state index contributed by atoms with van der Waals surface area (Å²) in [4.78, 5) is 0. The van der Waals surface area contributed by atoms with Crippen LogP contribution in [-0.4, -0.2) is 13.2 Å². The lowest BCUT2D eigenvalue weighted by atomic mass is 10.1. The average Bonchev–Trinajstić information content (AvgIpc) is 2.50. The molecule has 0 saturated heterocycles. The lowest BCUT2D eigenvalue weighted by Gasteiger charge is -2.22. The van der Waals surface area contributed by atoms with Crippen molar-refractivity contribution in [2.75, 3.05) is 18.5 Å². The summed E-state index contributed by atoms with van der Waals surface area (Å²) < 4.78 is 11.2. The van der Waals surface area contributed by atoms with Crippen LogP contribution in [0.4, 0.5) is 5.69 Å². The van der Waals surface area contributed by atoms with Crippen LogP contribution in [-0.2, 0) is 0 Å². The normalized spacial score (nSPS) is 14.6. The van der Waals surface area contributed by atoms with E-state index in [1.807, 2.05) is 37.3 Å². The molecule has 1 aliphatic rings.